The molecule has 4 nitrogen and oxygen atoms in total. The summed E-state index contributed by atoms with van der Waals surface area (Å²) in [7, 11) is 0. The van der Waals surface area contributed by atoms with Gasteiger partial charge in [0.1, 0.15) is 5.82 Å². The van der Waals surface area contributed by atoms with Gasteiger partial charge in [0.2, 0.25) is 0 Å². The van der Waals surface area contributed by atoms with E-state index in [1.807, 2.05) is 18.2 Å². The first-order chi connectivity index (χ1) is 9.10. The van der Waals surface area contributed by atoms with Crippen molar-refractivity contribution in [2.45, 2.75) is 39.7 Å². The van der Waals surface area contributed by atoms with Gasteiger partial charge in [-0.15, -0.1) is 0 Å². The molecule has 0 fully saturated rings. The topological polar surface area (TPSA) is 57.9 Å². The predicted octanol–water partition coefficient (Wildman–Crippen LogP) is 2.81. The summed E-state index contributed by atoms with van der Waals surface area (Å²) in [6.07, 6.45) is 2.14. The normalized spacial score (nSPS) is 11.8. The van der Waals surface area contributed by atoms with E-state index in [0.717, 1.165) is 42.1 Å². The lowest BCUT2D eigenvalue weighted by molar-refractivity contribution is 0.224. The number of rotatable bonds is 6. The number of nitrogens with one attached hydrogen (secondary N) is 1. The zero-order valence-electron chi connectivity index (χ0n) is 12.1. The van der Waals surface area contributed by atoms with Gasteiger partial charge < -0.3 is 15.6 Å². The van der Waals surface area contributed by atoms with Crippen molar-refractivity contribution < 1.29 is 0 Å². The molecule has 1 aromatic heterocycles. The van der Waals surface area contributed by atoms with Crippen molar-refractivity contribution in [1.82, 2.24) is 14.9 Å². The second-order valence-corrected chi connectivity index (χ2v) is 5.34. The molecule has 0 bridgehead atoms. The summed E-state index contributed by atoms with van der Waals surface area (Å²) in [4.78, 5) is 10.5. The van der Waals surface area contributed by atoms with Crippen LogP contribution < -0.4 is 5.73 Å². The quantitative estimate of drug-likeness (QED) is 0.785. The molecule has 0 aliphatic rings. The Bertz CT molecular complexity index is 530. The van der Waals surface area contributed by atoms with Crippen LogP contribution in [0.3, 0.4) is 0 Å². The Morgan fingerprint density at radius 2 is 2.11 bits per heavy atom. The van der Waals surface area contributed by atoms with Crippen LogP contribution in [0.2, 0.25) is 0 Å². The van der Waals surface area contributed by atoms with Gasteiger partial charge in [0.15, 0.2) is 0 Å². The van der Waals surface area contributed by atoms with E-state index in [2.05, 4.69) is 35.6 Å². The van der Waals surface area contributed by atoms with Crippen molar-refractivity contribution in [2.24, 2.45) is 0 Å². The number of anilines is 1. The summed E-state index contributed by atoms with van der Waals surface area (Å²) in [6.45, 7) is 8.90. The number of aromatic nitrogens is 2. The van der Waals surface area contributed by atoms with E-state index in [1.165, 1.54) is 6.42 Å². The Kier molecular flexibility index (Phi) is 4.43. The van der Waals surface area contributed by atoms with E-state index in [4.69, 9.17) is 5.73 Å². The molecule has 0 amide bonds. The lowest BCUT2D eigenvalue weighted by atomic mass is 10.2. The molecule has 0 aliphatic carbocycles. The molecule has 0 aliphatic heterocycles. The van der Waals surface area contributed by atoms with E-state index in [0.29, 0.717) is 6.04 Å². The smallest absolute Gasteiger partial charge is 0.108 e. The van der Waals surface area contributed by atoms with Crippen LogP contribution in [0.1, 0.15) is 33.0 Å². The lowest BCUT2D eigenvalue weighted by Crippen LogP contribution is -2.33. The molecule has 1 aromatic carbocycles. The van der Waals surface area contributed by atoms with E-state index >= 15 is 0 Å². The number of benzene rings is 1. The van der Waals surface area contributed by atoms with E-state index in [-0.39, 0.29) is 0 Å². The summed E-state index contributed by atoms with van der Waals surface area (Å²) in [6, 6.07) is 6.39. The average Bonchev–Trinajstić information content (AvgIpc) is 2.75. The van der Waals surface area contributed by atoms with Crippen LogP contribution in [0, 0.1) is 0 Å². The maximum atomic E-state index is 5.78. The Hall–Kier alpha value is -1.55. The third kappa shape index (κ3) is 3.47. The Morgan fingerprint density at radius 3 is 2.79 bits per heavy atom. The van der Waals surface area contributed by atoms with Crippen molar-refractivity contribution in [3.63, 3.8) is 0 Å². The van der Waals surface area contributed by atoms with Crippen molar-refractivity contribution in [2.75, 3.05) is 18.8 Å². The van der Waals surface area contributed by atoms with Crippen molar-refractivity contribution in [1.29, 1.82) is 0 Å². The number of nitrogens with zero attached hydrogens (tertiary/aromatic N) is 2. The first-order valence-electron chi connectivity index (χ1n) is 7.08. The van der Waals surface area contributed by atoms with Crippen LogP contribution in [0.5, 0.6) is 0 Å². The largest absolute Gasteiger partial charge is 0.399 e. The number of hydrogen-bond donors (Lipinski definition) is 2. The fourth-order valence-electron chi connectivity index (χ4n) is 2.36. The zero-order chi connectivity index (χ0) is 13.8. The zero-order valence-corrected chi connectivity index (χ0v) is 12.1. The second kappa shape index (κ2) is 6.06. The van der Waals surface area contributed by atoms with Gasteiger partial charge in [-0.2, -0.15) is 0 Å². The first-order valence-corrected chi connectivity index (χ1v) is 7.08. The van der Waals surface area contributed by atoms with Crippen LogP contribution in [-0.2, 0) is 6.42 Å². The Morgan fingerprint density at radius 1 is 1.32 bits per heavy atom. The Balaban J connectivity index is 2.04. The monoisotopic (exact) mass is 260 g/mol. The second-order valence-electron chi connectivity index (χ2n) is 5.34. The molecule has 2 aromatic rings. The standard InChI is InChI=1S/C15H24N4/c1-4-8-19(11(2)3)9-7-15-17-13-6-5-12(16)10-14(13)18-15/h5-6,10-11H,4,7-9,16H2,1-3H3,(H,17,18). The van der Waals surface area contributed by atoms with Crippen LogP contribution in [0.15, 0.2) is 18.2 Å². The van der Waals surface area contributed by atoms with Crippen molar-refractivity contribution in [3.8, 4) is 0 Å². The summed E-state index contributed by atoms with van der Waals surface area (Å²) < 4.78 is 0. The number of imidazole rings is 1. The molecule has 0 radical (unpaired) electrons. The third-order valence-corrected chi connectivity index (χ3v) is 3.43. The first kappa shape index (κ1) is 13.9. The van der Waals surface area contributed by atoms with Gasteiger partial charge in [0.25, 0.3) is 0 Å². The highest BCUT2D eigenvalue weighted by Crippen LogP contribution is 2.15. The maximum absolute atomic E-state index is 5.78. The number of nitrogens with two attached hydrogens (primary N) is 1. The number of H-pyrrole nitrogens is 1. The summed E-state index contributed by atoms with van der Waals surface area (Å²) >= 11 is 0. The van der Waals surface area contributed by atoms with Crippen molar-refractivity contribution in [3.05, 3.63) is 24.0 Å². The van der Waals surface area contributed by atoms with E-state index < -0.39 is 0 Å². The van der Waals surface area contributed by atoms with Gasteiger partial charge in [0, 0.05) is 24.7 Å². The van der Waals surface area contributed by atoms with E-state index in [9.17, 15) is 0 Å². The van der Waals surface area contributed by atoms with Gasteiger partial charge in [-0.05, 0) is 45.0 Å². The van der Waals surface area contributed by atoms with Crippen molar-refractivity contribution >= 4 is 16.7 Å². The Labute approximate surface area is 115 Å². The van der Waals surface area contributed by atoms with Crippen LogP contribution in [0.25, 0.3) is 11.0 Å². The van der Waals surface area contributed by atoms with Crippen LogP contribution in [-0.4, -0.2) is 34.0 Å². The molecular weight excluding hydrogens is 236 g/mol. The molecule has 4 heteroatoms. The summed E-state index contributed by atoms with van der Waals surface area (Å²) in [5, 5.41) is 0. The SMILES string of the molecule is CCCN(CCc1nc2ccc(N)cc2[nH]1)C(C)C. The number of aromatic amines is 1. The van der Waals surface area contributed by atoms with Crippen LogP contribution in [0.4, 0.5) is 5.69 Å². The minimum absolute atomic E-state index is 0.583. The predicted molar refractivity (Wildman–Crippen MR) is 81.2 cm³/mol. The molecule has 19 heavy (non-hydrogen) atoms. The molecule has 0 unspecified atom stereocenters. The number of fused-ring (bicyclic) bond motifs is 1. The lowest BCUT2D eigenvalue weighted by Gasteiger charge is -2.25. The molecule has 1 heterocycles. The molecule has 0 atom stereocenters. The molecule has 3 N–H and O–H groups in total. The number of hydrogen-bond acceptors (Lipinski definition) is 3. The third-order valence-electron chi connectivity index (χ3n) is 3.43. The highest BCUT2D eigenvalue weighted by molar-refractivity contribution is 5.78. The van der Waals surface area contributed by atoms with Gasteiger partial charge in [-0.25, -0.2) is 4.98 Å². The molecule has 2 rings (SSSR count). The molecule has 0 spiro atoms. The van der Waals surface area contributed by atoms with Gasteiger partial charge in [-0.1, -0.05) is 6.92 Å². The fraction of sp³-hybridized carbons (Fsp3) is 0.533. The summed E-state index contributed by atoms with van der Waals surface area (Å²) in [5.41, 5.74) is 8.58. The highest BCUT2D eigenvalue weighted by atomic mass is 15.1. The summed E-state index contributed by atoms with van der Waals surface area (Å²) in [5.74, 6) is 1.04. The maximum Gasteiger partial charge on any atom is 0.108 e. The average molecular weight is 260 g/mol. The van der Waals surface area contributed by atoms with Gasteiger partial charge >= 0.3 is 0 Å². The molecule has 104 valence electrons. The van der Waals surface area contributed by atoms with E-state index in [1.54, 1.807) is 0 Å². The molecular formula is C15H24N4. The minimum atomic E-state index is 0.583. The fourth-order valence-corrected chi connectivity index (χ4v) is 2.36. The van der Waals surface area contributed by atoms with Gasteiger partial charge in [0.05, 0.1) is 11.0 Å². The molecule has 0 saturated heterocycles. The van der Waals surface area contributed by atoms with Gasteiger partial charge in [-0.3, -0.25) is 0 Å². The molecule has 0 saturated carbocycles. The van der Waals surface area contributed by atoms with Crippen LogP contribution >= 0.6 is 0 Å². The minimum Gasteiger partial charge on any atom is -0.399 e. The highest BCUT2D eigenvalue weighted by Gasteiger charge is 2.10. The number of nitrogen functional groups attached to an aromatic ring is 1.